The lowest BCUT2D eigenvalue weighted by Crippen LogP contribution is -2.39. The molecule has 0 unspecified atom stereocenters. The molecular weight excluding hydrogens is 503 g/mol. The number of halogens is 3. The van der Waals surface area contributed by atoms with Crippen molar-refractivity contribution in [2.75, 3.05) is 23.3 Å². The Morgan fingerprint density at radius 1 is 1.00 bits per heavy atom. The van der Waals surface area contributed by atoms with Crippen LogP contribution in [0.25, 0.3) is 11.3 Å². The van der Waals surface area contributed by atoms with E-state index in [2.05, 4.69) is 15.2 Å². The topological polar surface area (TPSA) is 61.5 Å². The average molecular weight is 542 g/mol. The molecule has 39 heavy (non-hydrogen) atoms. The van der Waals surface area contributed by atoms with E-state index in [0.29, 0.717) is 23.6 Å². The molecule has 1 aliphatic carbocycles. The molecule has 1 aromatic heterocycles. The van der Waals surface area contributed by atoms with Crippen LogP contribution in [-0.4, -0.2) is 29.2 Å². The van der Waals surface area contributed by atoms with Crippen molar-refractivity contribution in [1.29, 1.82) is 0 Å². The fourth-order valence-electron chi connectivity index (χ4n) is 6.15. The summed E-state index contributed by atoms with van der Waals surface area (Å²) in [6, 6.07) is 14.1. The van der Waals surface area contributed by atoms with E-state index in [-0.39, 0.29) is 6.04 Å². The van der Waals surface area contributed by atoms with Gasteiger partial charge in [-0.05, 0) is 93.7 Å². The molecule has 1 saturated heterocycles. The molecule has 2 heterocycles. The van der Waals surface area contributed by atoms with Gasteiger partial charge in [0.2, 0.25) is 0 Å². The Hall–Kier alpha value is -3.00. The van der Waals surface area contributed by atoms with Crippen LogP contribution in [0.5, 0.6) is 0 Å². The first-order chi connectivity index (χ1) is 18.6. The summed E-state index contributed by atoms with van der Waals surface area (Å²) >= 11 is 0. The molecule has 0 amide bonds. The summed E-state index contributed by atoms with van der Waals surface area (Å²) in [6.45, 7) is 5.27. The van der Waals surface area contributed by atoms with Crippen LogP contribution in [-0.2, 0) is 11.8 Å². The molecule has 2 aliphatic rings. The van der Waals surface area contributed by atoms with Gasteiger partial charge in [-0.25, -0.2) is 4.98 Å². The molecule has 3 atom stereocenters. The molecular formula is C31H38F3N3O2. The summed E-state index contributed by atoms with van der Waals surface area (Å²) < 4.78 is 45.0. The molecule has 5 nitrogen and oxygen atoms in total. The molecule has 5 rings (SSSR count). The molecule has 8 heteroatoms. The minimum absolute atomic E-state index is 0.273. The van der Waals surface area contributed by atoms with Gasteiger partial charge in [0.05, 0.1) is 17.4 Å². The molecule has 1 aliphatic heterocycles. The third kappa shape index (κ3) is 6.78. The second-order valence-corrected chi connectivity index (χ2v) is 11.7. The first-order valence-corrected chi connectivity index (χ1v) is 14.0. The average Bonchev–Trinajstić information content (AvgIpc) is 3.38. The summed E-state index contributed by atoms with van der Waals surface area (Å²) in [5.41, 5.74) is 1.02. The molecule has 3 aromatic rings. The molecule has 210 valence electrons. The lowest BCUT2D eigenvalue weighted by atomic mass is 9.77. The Morgan fingerprint density at radius 2 is 1.77 bits per heavy atom. The van der Waals surface area contributed by atoms with Crippen LogP contribution in [0.3, 0.4) is 0 Å². The van der Waals surface area contributed by atoms with Crippen molar-refractivity contribution in [2.45, 2.75) is 76.6 Å². The lowest BCUT2D eigenvalue weighted by Gasteiger charge is -2.39. The number of rotatable bonds is 7. The third-order valence-corrected chi connectivity index (χ3v) is 8.29. The summed E-state index contributed by atoms with van der Waals surface area (Å²) in [5, 5.41) is 13.9. The van der Waals surface area contributed by atoms with Crippen molar-refractivity contribution in [2.24, 2.45) is 11.8 Å². The first-order valence-electron chi connectivity index (χ1n) is 14.0. The SMILES string of the molecule is CC(C)(O)c1cccc(-c2cnc(N[C@@H]3CCCC[C@H]3C[C@H]3CCCN(c4ccc(C(F)(F)F)cc4)C3)o2)c1. The Balaban J connectivity index is 1.22. The van der Waals surface area contributed by atoms with E-state index < -0.39 is 17.3 Å². The summed E-state index contributed by atoms with van der Waals surface area (Å²) in [6.07, 6.45) is 5.26. The van der Waals surface area contributed by atoms with E-state index in [0.717, 1.165) is 68.4 Å². The minimum atomic E-state index is -4.31. The molecule has 0 spiro atoms. The highest BCUT2D eigenvalue weighted by atomic mass is 19.4. The van der Waals surface area contributed by atoms with Crippen LogP contribution < -0.4 is 10.2 Å². The standard InChI is InChI=1S/C31H38F3N3O2/c1-30(2,38)25-10-5-9-23(18-25)28-19-35-29(39-28)36-27-11-4-3-8-22(27)17-21-7-6-16-37(20-21)26-14-12-24(13-15-26)31(32,33)34/h5,9-10,12-15,18-19,21-22,27,38H,3-4,6-8,11,16-17,20H2,1-2H3,(H,35,36)/t21-,22+,27-/m1/s1. The summed E-state index contributed by atoms with van der Waals surface area (Å²) in [5.74, 6) is 1.65. The predicted octanol–water partition coefficient (Wildman–Crippen LogP) is 7.87. The number of hydrogen-bond donors (Lipinski definition) is 2. The Morgan fingerprint density at radius 3 is 2.51 bits per heavy atom. The second-order valence-electron chi connectivity index (χ2n) is 11.7. The monoisotopic (exact) mass is 541 g/mol. The van der Waals surface area contributed by atoms with Crippen LogP contribution in [0, 0.1) is 11.8 Å². The zero-order valence-corrected chi connectivity index (χ0v) is 22.7. The zero-order chi connectivity index (χ0) is 27.6. The molecule has 1 saturated carbocycles. The third-order valence-electron chi connectivity index (χ3n) is 8.29. The number of aromatic nitrogens is 1. The number of alkyl halides is 3. The van der Waals surface area contributed by atoms with E-state index in [1.807, 2.05) is 24.3 Å². The van der Waals surface area contributed by atoms with Crippen molar-refractivity contribution >= 4 is 11.7 Å². The van der Waals surface area contributed by atoms with Gasteiger partial charge in [-0.3, -0.25) is 0 Å². The van der Waals surface area contributed by atoms with Crippen molar-refractivity contribution in [3.8, 4) is 11.3 Å². The maximum absolute atomic E-state index is 13.0. The maximum Gasteiger partial charge on any atom is 0.416 e. The van der Waals surface area contributed by atoms with Gasteiger partial charge in [-0.1, -0.05) is 31.0 Å². The summed E-state index contributed by atoms with van der Waals surface area (Å²) in [4.78, 5) is 6.75. The smallest absolute Gasteiger partial charge is 0.416 e. The van der Waals surface area contributed by atoms with E-state index >= 15 is 0 Å². The van der Waals surface area contributed by atoms with Crippen molar-refractivity contribution in [1.82, 2.24) is 4.98 Å². The van der Waals surface area contributed by atoms with Crippen LogP contribution in [0.4, 0.5) is 24.9 Å². The number of oxazole rings is 1. The number of hydrogen-bond acceptors (Lipinski definition) is 5. The maximum atomic E-state index is 13.0. The Labute approximate surface area is 228 Å². The number of anilines is 2. The predicted molar refractivity (Wildman–Crippen MR) is 148 cm³/mol. The van der Waals surface area contributed by atoms with Crippen LogP contribution in [0.2, 0.25) is 0 Å². The fourth-order valence-corrected chi connectivity index (χ4v) is 6.15. The summed E-state index contributed by atoms with van der Waals surface area (Å²) in [7, 11) is 0. The first kappa shape index (κ1) is 27.6. The van der Waals surface area contributed by atoms with Gasteiger partial charge in [0.25, 0.3) is 6.01 Å². The van der Waals surface area contributed by atoms with Gasteiger partial charge in [0.15, 0.2) is 5.76 Å². The van der Waals surface area contributed by atoms with Crippen molar-refractivity contribution in [3.05, 3.63) is 65.9 Å². The van der Waals surface area contributed by atoms with Crippen molar-refractivity contribution in [3.63, 3.8) is 0 Å². The minimum Gasteiger partial charge on any atom is -0.424 e. The van der Waals surface area contributed by atoms with Gasteiger partial charge < -0.3 is 19.7 Å². The van der Waals surface area contributed by atoms with Crippen LogP contribution in [0.1, 0.15) is 69.9 Å². The van der Waals surface area contributed by atoms with Crippen LogP contribution in [0.15, 0.2) is 59.1 Å². The van der Waals surface area contributed by atoms with Gasteiger partial charge in [0.1, 0.15) is 0 Å². The van der Waals surface area contributed by atoms with E-state index in [9.17, 15) is 18.3 Å². The highest BCUT2D eigenvalue weighted by molar-refractivity contribution is 5.59. The highest BCUT2D eigenvalue weighted by Crippen LogP contribution is 2.37. The fraction of sp³-hybridized carbons (Fsp3) is 0.516. The van der Waals surface area contributed by atoms with Gasteiger partial charge in [-0.2, -0.15) is 13.2 Å². The van der Waals surface area contributed by atoms with Gasteiger partial charge in [0, 0.05) is 30.4 Å². The zero-order valence-electron chi connectivity index (χ0n) is 22.7. The van der Waals surface area contributed by atoms with Gasteiger partial charge >= 0.3 is 6.18 Å². The Kier molecular flexibility index (Phi) is 7.94. The largest absolute Gasteiger partial charge is 0.424 e. The van der Waals surface area contributed by atoms with Crippen molar-refractivity contribution < 1.29 is 22.7 Å². The molecule has 2 aromatic carbocycles. The molecule has 0 radical (unpaired) electrons. The van der Waals surface area contributed by atoms with E-state index in [1.165, 1.54) is 18.6 Å². The second kappa shape index (κ2) is 11.2. The van der Waals surface area contributed by atoms with Crippen LogP contribution >= 0.6 is 0 Å². The van der Waals surface area contributed by atoms with E-state index in [1.54, 1.807) is 32.2 Å². The van der Waals surface area contributed by atoms with E-state index in [4.69, 9.17) is 4.42 Å². The number of piperidine rings is 1. The Bertz CT molecular complexity index is 1230. The normalized spacial score (nSPS) is 22.6. The number of benzene rings is 2. The molecule has 0 bridgehead atoms. The molecule has 2 N–H and O–H groups in total. The van der Waals surface area contributed by atoms with Gasteiger partial charge in [-0.15, -0.1) is 0 Å². The lowest BCUT2D eigenvalue weighted by molar-refractivity contribution is -0.137. The number of nitrogens with one attached hydrogen (secondary N) is 1. The number of nitrogens with zero attached hydrogens (tertiary/aromatic N) is 2. The molecule has 2 fully saturated rings. The highest BCUT2D eigenvalue weighted by Gasteiger charge is 2.32. The quantitative estimate of drug-likeness (QED) is 0.319. The number of aliphatic hydroxyl groups is 1.